The van der Waals surface area contributed by atoms with Crippen molar-refractivity contribution in [2.24, 2.45) is 0 Å². The predicted molar refractivity (Wildman–Crippen MR) is 79.1 cm³/mol. The van der Waals surface area contributed by atoms with E-state index in [4.69, 9.17) is 10.5 Å². The highest BCUT2D eigenvalue weighted by atomic mass is 79.9. The number of hydrogen-bond acceptors (Lipinski definition) is 3. The molecule has 0 bridgehead atoms. The van der Waals surface area contributed by atoms with E-state index in [2.05, 4.69) is 21.2 Å². The molecular weight excluding hydrogens is 327 g/mol. The van der Waals surface area contributed by atoms with Crippen molar-refractivity contribution < 1.29 is 13.9 Å². The summed E-state index contributed by atoms with van der Waals surface area (Å²) in [6, 6.07) is 11.1. The maximum absolute atomic E-state index is 13.4. The molecule has 0 heterocycles. The first kappa shape index (κ1) is 14.3. The highest BCUT2D eigenvalue weighted by molar-refractivity contribution is 9.10. The summed E-state index contributed by atoms with van der Waals surface area (Å²) < 4.78 is 19.2. The molecule has 20 heavy (non-hydrogen) atoms. The van der Waals surface area contributed by atoms with E-state index in [1.807, 2.05) is 0 Å². The number of ether oxygens (including phenoxy) is 1. The third-order valence-electron chi connectivity index (χ3n) is 2.49. The fourth-order valence-electron chi connectivity index (χ4n) is 1.53. The van der Waals surface area contributed by atoms with E-state index in [0.29, 0.717) is 15.8 Å². The van der Waals surface area contributed by atoms with Crippen molar-refractivity contribution in [3.05, 3.63) is 52.8 Å². The summed E-state index contributed by atoms with van der Waals surface area (Å²) in [5.74, 6) is -0.932. The van der Waals surface area contributed by atoms with Gasteiger partial charge in [0.15, 0.2) is 18.2 Å². The number of nitrogens with one attached hydrogen (secondary N) is 1. The van der Waals surface area contributed by atoms with Gasteiger partial charge in [0, 0.05) is 4.47 Å². The molecule has 2 aromatic carbocycles. The number of benzene rings is 2. The average molecular weight is 339 g/mol. The van der Waals surface area contributed by atoms with Gasteiger partial charge in [0.05, 0.1) is 11.4 Å². The lowest BCUT2D eigenvalue weighted by Crippen LogP contribution is -2.21. The lowest BCUT2D eigenvalue weighted by atomic mass is 10.2. The average Bonchev–Trinajstić information content (AvgIpc) is 2.42. The number of carbonyl (C=O) groups excluding carboxylic acids is 1. The van der Waals surface area contributed by atoms with E-state index >= 15 is 0 Å². The third kappa shape index (κ3) is 3.71. The molecule has 2 rings (SSSR count). The monoisotopic (exact) mass is 338 g/mol. The Morgan fingerprint density at radius 3 is 2.80 bits per heavy atom. The molecule has 4 nitrogen and oxygen atoms in total. The van der Waals surface area contributed by atoms with Gasteiger partial charge in [-0.25, -0.2) is 4.39 Å². The van der Waals surface area contributed by atoms with Crippen LogP contribution >= 0.6 is 15.9 Å². The van der Waals surface area contributed by atoms with Gasteiger partial charge in [-0.05, 0) is 30.3 Å². The van der Waals surface area contributed by atoms with E-state index < -0.39 is 11.7 Å². The van der Waals surface area contributed by atoms with Gasteiger partial charge in [0.2, 0.25) is 0 Å². The van der Waals surface area contributed by atoms with Crippen molar-refractivity contribution in [3.8, 4) is 5.75 Å². The zero-order chi connectivity index (χ0) is 14.5. The lowest BCUT2D eigenvalue weighted by Gasteiger charge is -2.10. The van der Waals surface area contributed by atoms with Crippen LogP contribution in [0.2, 0.25) is 0 Å². The molecule has 0 radical (unpaired) electrons. The number of carbonyl (C=O) groups is 1. The minimum atomic E-state index is -0.528. The molecule has 0 atom stereocenters. The van der Waals surface area contributed by atoms with Gasteiger partial charge in [-0.2, -0.15) is 0 Å². The quantitative estimate of drug-likeness (QED) is 0.841. The Bertz CT molecular complexity index is 634. The second kappa shape index (κ2) is 6.38. The van der Waals surface area contributed by atoms with Gasteiger partial charge in [-0.1, -0.05) is 28.1 Å². The number of para-hydroxylation sites is 2. The van der Waals surface area contributed by atoms with Crippen molar-refractivity contribution in [1.82, 2.24) is 0 Å². The van der Waals surface area contributed by atoms with E-state index in [1.54, 1.807) is 30.3 Å². The molecule has 0 spiro atoms. The van der Waals surface area contributed by atoms with Gasteiger partial charge < -0.3 is 15.8 Å². The van der Waals surface area contributed by atoms with Crippen molar-refractivity contribution in [3.63, 3.8) is 0 Å². The van der Waals surface area contributed by atoms with Crippen LogP contribution in [0.1, 0.15) is 0 Å². The second-order valence-electron chi connectivity index (χ2n) is 4.00. The molecule has 0 aliphatic carbocycles. The maximum Gasteiger partial charge on any atom is 0.262 e. The Morgan fingerprint density at radius 2 is 2.05 bits per heavy atom. The van der Waals surface area contributed by atoms with Crippen LogP contribution in [0.25, 0.3) is 0 Å². The number of rotatable bonds is 4. The van der Waals surface area contributed by atoms with E-state index in [1.165, 1.54) is 12.1 Å². The number of halogens is 2. The molecule has 0 saturated carbocycles. The Morgan fingerprint density at radius 1 is 1.30 bits per heavy atom. The Balaban J connectivity index is 1.96. The molecule has 1 amide bonds. The van der Waals surface area contributed by atoms with E-state index in [0.717, 1.165) is 0 Å². The summed E-state index contributed by atoms with van der Waals surface area (Å²) in [5.41, 5.74) is 6.65. The fraction of sp³-hybridized carbons (Fsp3) is 0.0714. The molecule has 104 valence electrons. The van der Waals surface area contributed by atoms with E-state index in [9.17, 15) is 9.18 Å². The van der Waals surface area contributed by atoms with Gasteiger partial charge in [-0.3, -0.25) is 4.79 Å². The van der Waals surface area contributed by atoms with Crippen LogP contribution in [0.15, 0.2) is 46.9 Å². The van der Waals surface area contributed by atoms with Crippen LogP contribution in [0.3, 0.4) is 0 Å². The summed E-state index contributed by atoms with van der Waals surface area (Å²) in [6.45, 7) is -0.304. The summed E-state index contributed by atoms with van der Waals surface area (Å²) in [4.78, 5) is 11.7. The van der Waals surface area contributed by atoms with Crippen molar-refractivity contribution in [2.45, 2.75) is 0 Å². The highest BCUT2D eigenvalue weighted by Gasteiger charge is 2.09. The Kier molecular flexibility index (Phi) is 4.57. The van der Waals surface area contributed by atoms with Crippen molar-refractivity contribution >= 4 is 33.2 Å². The molecule has 6 heteroatoms. The van der Waals surface area contributed by atoms with Crippen molar-refractivity contribution in [2.75, 3.05) is 17.7 Å². The minimum absolute atomic E-state index is 0.00978. The number of amides is 1. The largest absolute Gasteiger partial charge is 0.481 e. The lowest BCUT2D eigenvalue weighted by molar-refractivity contribution is -0.118. The third-order valence-corrected chi connectivity index (χ3v) is 2.98. The zero-order valence-corrected chi connectivity index (χ0v) is 12.0. The van der Waals surface area contributed by atoms with Gasteiger partial charge in [0.25, 0.3) is 5.91 Å². The molecule has 0 fully saturated rings. The van der Waals surface area contributed by atoms with Gasteiger partial charge in [0.1, 0.15) is 0 Å². The summed E-state index contributed by atoms with van der Waals surface area (Å²) in [7, 11) is 0. The van der Waals surface area contributed by atoms with Crippen molar-refractivity contribution in [1.29, 1.82) is 0 Å². The molecule has 2 aromatic rings. The SMILES string of the molecule is Nc1ccccc1NC(=O)COc1cc(Br)ccc1F. The van der Waals surface area contributed by atoms with Gasteiger partial charge in [-0.15, -0.1) is 0 Å². The Hall–Kier alpha value is -2.08. The van der Waals surface area contributed by atoms with Crippen LogP contribution in [0.5, 0.6) is 5.75 Å². The predicted octanol–water partition coefficient (Wildman–Crippen LogP) is 3.19. The smallest absolute Gasteiger partial charge is 0.262 e. The van der Waals surface area contributed by atoms with Crippen LogP contribution < -0.4 is 15.8 Å². The molecule has 0 aliphatic rings. The van der Waals surface area contributed by atoms with E-state index in [-0.39, 0.29) is 12.4 Å². The van der Waals surface area contributed by atoms with Crippen LogP contribution in [-0.4, -0.2) is 12.5 Å². The molecule has 0 saturated heterocycles. The topological polar surface area (TPSA) is 64.3 Å². The molecule has 0 aliphatic heterocycles. The summed E-state index contributed by atoms with van der Waals surface area (Å²) >= 11 is 3.20. The number of anilines is 2. The number of nitrogen functional groups attached to an aromatic ring is 1. The summed E-state index contributed by atoms with van der Waals surface area (Å²) in [5, 5.41) is 2.59. The van der Waals surface area contributed by atoms with Crippen LogP contribution in [-0.2, 0) is 4.79 Å². The zero-order valence-electron chi connectivity index (χ0n) is 10.4. The normalized spacial score (nSPS) is 10.1. The van der Waals surface area contributed by atoms with Crippen LogP contribution in [0, 0.1) is 5.82 Å². The molecular formula is C14H12BrFN2O2. The highest BCUT2D eigenvalue weighted by Crippen LogP contribution is 2.22. The first-order valence-corrected chi connectivity index (χ1v) is 6.58. The first-order chi connectivity index (χ1) is 9.56. The number of nitrogens with two attached hydrogens (primary N) is 1. The van der Waals surface area contributed by atoms with Crippen LogP contribution in [0.4, 0.5) is 15.8 Å². The molecule has 3 N–H and O–H groups in total. The standard InChI is InChI=1S/C14H12BrFN2O2/c15-9-5-6-10(16)13(7-9)20-8-14(19)18-12-4-2-1-3-11(12)17/h1-7H,8,17H2,(H,18,19). The molecule has 0 aromatic heterocycles. The number of hydrogen-bond donors (Lipinski definition) is 2. The van der Waals surface area contributed by atoms with Gasteiger partial charge >= 0.3 is 0 Å². The Labute approximate surface area is 123 Å². The molecule has 0 unspecified atom stereocenters. The minimum Gasteiger partial charge on any atom is -0.481 e. The maximum atomic E-state index is 13.4. The fourth-order valence-corrected chi connectivity index (χ4v) is 1.87. The second-order valence-corrected chi connectivity index (χ2v) is 4.91. The first-order valence-electron chi connectivity index (χ1n) is 5.78. The summed E-state index contributed by atoms with van der Waals surface area (Å²) in [6.07, 6.45) is 0.